The summed E-state index contributed by atoms with van der Waals surface area (Å²) in [5, 5.41) is 0. The van der Waals surface area contributed by atoms with Crippen LogP contribution in [0, 0.1) is 0 Å². The van der Waals surface area contributed by atoms with Crippen LogP contribution in [0.2, 0.25) is 0 Å². The number of amides is 2. The highest BCUT2D eigenvalue weighted by atomic mass is 16.6. The number of hydrogen-bond acceptors (Lipinski definition) is 5. The number of guanidine groups is 1. The van der Waals surface area contributed by atoms with E-state index in [9.17, 15) is 9.59 Å². The van der Waals surface area contributed by atoms with E-state index < -0.39 is 23.4 Å². The molecule has 0 heterocycles. The second-order valence-electron chi connectivity index (χ2n) is 7.43. The number of aliphatic imine (C=N–C) groups is 1. The molecule has 0 aliphatic rings. The van der Waals surface area contributed by atoms with Gasteiger partial charge in [-0.3, -0.25) is 0 Å². The van der Waals surface area contributed by atoms with E-state index in [2.05, 4.69) is 4.99 Å². The van der Waals surface area contributed by atoms with Crippen molar-refractivity contribution < 1.29 is 19.1 Å². The van der Waals surface area contributed by atoms with Crippen molar-refractivity contribution in [2.24, 2.45) is 16.5 Å². The molecule has 0 aliphatic heterocycles. The fraction of sp³-hybridized carbons (Fsp3) is 0.812. The molecule has 0 aromatic rings. The predicted octanol–water partition coefficient (Wildman–Crippen LogP) is 2.60. The van der Waals surface area contributed by atoms with Crippen LogP contribution in [0.4, 0.5) is 9.59 Å². The molecular formula is C16H32N4O4. The molecule has 0 aliphatic carbocycles. The molecule has 4 N–H and O–H groups in total. The molecule has 8 heteroatoms. The number of ether oxygens (including phenoxy) is 2. The first-order valence-corrected chi connectivity index (χ1v) is 8.13. The zero-order valence-corrected chi connectivity index (χ0v) is 15.7. The molecule has 0 bridgehead atoms. The van der Waals surface area contributed by atoms with Gasteiger partial charge in [-0.25, -0.2) is 14.5 Å². The van der Waals surface area contributed by atoms with Crippen LogP contribution < -0.4 is 11.5 Å². The van der Waals surface area contributed by atoms with E-state index >= 15 is 0 Å². The Morgan fingerprint density at radius 2 is 1.50 bits per heavy atom. The fourth-order valence-corrected chi connectivity index (χ4v) is 1.65. The third-order valence-electron chi connectivity index (χ3n) is 2.58. The van der Waals surface area contributed by atoms with Crippen molar-refractivity contribution in [3.8, 4) is 0 Å². The second-order valence-corrected chi connectivity index (χ2v) is 7.43. The van der Waals surface area contributed by atoms with Crippen LogP contribution in [0.5, 0.6) is 0 Å². The zero-order valence-electron chi connectivity index (χ0n) is 15.7. The summed E-state index contributed by atoms with van der Waals surface area (Å²) in [4.78, 5) is 28.9. The van der Waals surface area contributed by atoms with Crippen LogP contribution >= 0.6 is 0 Å². The third kappa shape index (κ3) is 10.8. The molecule has 0 saturated heterocycles. The van der Waals surface area contributed by atoms with Gasteiger partial charge in [-0.1, -0.05) is 6.42 Å². The molecule has 0 aromatic heterocycles. The number of hydrogen-bond donors (Lipinski definition) is 2. The van der Waals surface area contributed by atoms with E-state index in [1.807, 2.05) is 0 Å². The number of carbonyl (C=O) groups excluding carboxylic acids is 2. The summed E-state index contributed by atoms with van der Waals surface area (Å²) in [7, 11) is 0. The van der Waals surface area contributed by atoms with E-state index in [1.54, 1.807) is 41.5 Å². The Morgan fingerprint density at radius 3 is 1.96 bits per heavy atom. The lowest BCUT2D eigenvalue weighted by Crippen LogP contribution is -2.45. The van der Waals surface area contributed by atoms with Gasteiger partial charge < -0.3 is 20.9 Å². The van der Waals surface area contributed by atoms with Crippen LogP contribution in [0.25, 0.3) is 0 Å². The molecule has 0 atom stereocenters. The molecule has 0 radical (unpaired) electrons. The highest BCUT2D eigenvalue weighted by Gasteiger charge is 2.25. The van der Waals surface area contributed by atoms with Gasteiger partial charge in [0.1, 0.15) is 11.2 Å². The average Bonchev–Trinajstić information content (AvgIpc) is 2.33. The predicted molar refractivity (Wildman–Crippen MR) is 93.7 cm³/mol. The topological polar surface area (TPSA) is 120 Å². The van der Waals surface area contributed by atoms with E-state index in [0.29, 0.717) is 13.0 Å². The SMILES string of the molecule is CC(C)(C)OC(=O)N=C(N)N(CCCCCN)C(=O)OC(C)(C)C. The maximum absolute atomic E-state index is 12.3. The van der Waals surface area contributed by atoms with E-state index in [0.717, 1.165) is 17.7 Å². The monoisotopic (exact) mass is 344 g/mol. The van der Waals surface area contributed by atoms with Crippen molar-refractivity contribution in [1.82, 2.24) is 4.90 Å². The summed E-state index contributed by atoms with van der Waals surface area (Å²) < 4.78 is 10.4. The Labute approximate surface area is 144 Å². The van der Waals surface area contributed by atoms with Gasteiger partial charge in [-0.15, -0.1) is 4.99 Å². The largest absolute Gasteiger partial charge is 0.443 e. The lowest BCUT2D eigenvalue weighted by atomic mass is 10.2. The number of unbranched alkanes of at least 4 members (excludes halogenated alkanes) is 2. The highest BCUT2D eigenvalue weighted by molar-refractivity contribution is 5.98. The molecule has 0 fully saturated rings. The first kappa shape index (κ1) is 22.2. The summed E-state index contributed by atoms with van der Waals surface area (Å²) in [5.41, 5.74) is 9.90. The summed E-state index contributed by atoms with van der Waals surface area (Å²) in [6.07, 6.45) is 0.831. The molecule has 2 amide bonds. The normalized spacial score (nSPS) is 12.7. The van der Waals surface area contributed by atoms with Crippen molar-refractivity contribution in [1.29, 1.82) is 0 Å². The Morgan fingerprint density at radius 1 is 0.958 bits per heavy atom. The standard InChI is InChI=1S/C16H32N4O4/c1-15(2,3)23-13(21)19-12(18)20(11-9-7-8-10-17)14(22)24-16(4,5)6/h7-11,17H2,1-6H3,(H2,18,19,21). The zero-order chi connectivity index (χ0) is 19.0. The molecule has 0 rings (SSSR count). The smallest absolute Gasteiger partial charge is 0.437 e. The Bertz CT molecular complexity index is 450. The van der Waals surface area contributed by atoms with Crippen molar-refractivity contribution in [3.05, 3.63) is 0 Å². The second kappa shape index (κ2) is 9.46. The lowest BCUT2D eigenvalue weighted by molar-refractivity contribution is 0.0364. The van der Waals surface area contributed by atoms with Gasteiger partial charge in [0.15, 0.2) is 0 Å². The summed E-state index contributed by atoms with van der Waals surface area (Å²) in [5.74, 6) is -0.244. The molecule has 24 heavy (non-hydrogen) atoms. The average molecular weight is 344 g/mol. The van der Waals surface area contributed by atoms with Crippen molar-refractivity contribution >= 4 is 18.1 Å². The van der Waals surface area contributed by atoms with Crippen LogP contribution in [0.1, 0.15) is 60.8 Å². The van der Waals surface area contributed by atoms with E-state index in [-0.39, 0.29) is 12.5 Å². The minimum atomic E-state index is -0.851. The molecule has 0 saturated carbocycles. The number of nitrogens with zero attached hydrogens (tertiary/aromatic N) is 2. The first-order chi connectivity index (χ1) is 10.9. The molecule has 0 aromatic carbocycles. The van der Waals surface area contributed by atoms with Crippen molar-refractivity contribution in [3.63, 3.8) is 0 Å². The van der Waals surface area contributed by atoms with Gasteiger partial charge in [0.2, 0.25) is 5.96 Å². The van der Waals surface area contributed by atoms with Crippen molar-refractivity contribution in [2.75, 3.05) is 13.1 Å². The van der Waals surface area contributed by atoms with Crippen LogP contribution in [-0.2, 0) is 9.47 Å². The maximum atomic E-state index is 12.3. The highest BCUT2D eigenvalue weighted by Crippen LogP contribution is 2.12. The van der Waals surface area contributed by atoms with Gasteiger partial charge in [0.25, 0.3) is 0 Å². The van der Waals surface area contributed by atoms with Crippen LogP contribution in [-0.4, -0.2) is 47.3 Å². The number of carbonyl (C=O) groups is 2. The van der Waals surface area contributed by atoms with E-state index in [1.165, 1.54) is 0 Å². The van der Waals surface area contributed by atoms with Crippen LogP contribution in [0.3, 0.4) is 0 Å². The van der Waals surface area contributed by atoms with Gasteiger partial charge in [-0.2, -0.15) is 0 Å². The Balaban J connectivity index is 5.06. The maximum Gasteiger partial charge on any atom is 0.437 e. The fourth-order valence-electron chi connectivity index (χ4n) is 1.65. The summed E-state index contributed by atoms with van der Waals surface area (Å²) in [6.45, 7) is 11.3. The number of rotatable bonds is 5. The first-order valence-electron chi connectivity index (χ1n) is 8.13. The minimum Gasteiger partial charge on any atom is -0.443 e. The molecule has 140 valence electrons. The van der Waals surface area contributed by atoms with E-state index in [4.69, 9.17) is 20.9 Å². The third-order valence-corrected chi connectivity index (χ3v) is 2.58. The number of nitrogens with two attached hydrogens (primary N) is 2. The summed E-state index contributed by atoms with van der Waals surface area (Å²) in [6, 6.07) is 0. The van der Waals surface area contributed by atoms with Gasteiger partial charge >= 0.3 is 12.2 Å². The van der Waals surface area contributed by atoms with Gasteiger partial charge in [0, 0.05) is 6.54 Å². The molecule has 0 spiro atoms. The van der Waals surface area contributed by atoms with Gasteiger partial charge in [-0.05, 0) is 60.9 Å². The Kier molecular flexibility index (Phi) is 8.74. The van der Waals surface area contributed by atoms with Gasteiger partial charge in [0.05, 0.1) is 0 Å². The lowest BCUT2D eigenvalue weighted by Gasteiger charge is -2.26. The molecule has 0 unspecified atom stereocenters. The minimum absolute atomic E-state index is 0.244. The van der Waals surface area contributed by atoms with Crippen LogP contribution in [0.15, 0.2) is 4.99 Å². The molecule has 8 nitrogen and oxygen atoms in total. The summed E-state index contributed by atoms with van der Waals surface area (Å²) >= 11 is 0. The Hall–Kier alpha value is -1.83. The molecular weight excluding hydrogens is 312 g/mol. The van der Waals surface area contributed by atoms with Crippen molar-refractivity contribution in [2.45, 2.75) is 72.0 Å². The quantitative estimate of drug-likeness (QED) is 0.449.